The molecule has 1 aliphatic rings. The van der Waals surface area contributed by atoms with Gasteiger partial charge in [-0.3, -0.25) is 0 Å². The molecule has 0 unspecified atom stereocenters. The van der Waals surface area contributed by atoms with Gasteiger partial charge in [0.25, 0.3) is 0 Å². The van der Waals surface area contributed by atoms with Gasteiger partial charge in [0.15, 0.2) is 0 Å². The van der Waals surface area contributed by atoms with Crippen molar-refractivity contribution >= 4 is 6.21 Å². The van der Waals surface area contributed by atoms with Crippen LogP contribution in [0.1, 0.15) is 24.5 Å². The maximum atomic E-state index is 7.44. The Morgan fingerprint density at radius 2 is 1.69 bits per heavy atom. The fraction of sp³-hybridized carbons (Fsp3) is 0.364. The van der Waals surface area contributed by atoms with Gasteiger partial charge in [-0.2, -0.15) is 0 Å². The molecule has 70 valence electrons. The molecule has 2 rings (SSSR count). The molecule has 0 aliphatic heterocycles. The second kappa shape index (κ2) is 5.36. The third kappa shape index (κ3) is 2.90. The molecule has 0 spiro atoms. The van der Waals surface area contributed by atoms with Gasteiger partial charge in [-0.15, -0.1) is 5.16 Å². The second-order valence-corrected chi connectivity index (χ2v) is 3.00. The molecule has 0 radical (unpaired) electrons. The molecule has 0 fully saturated rings. The first kappa shape index (κ1) is 9.78. The van der Waals surface area contributed by atoms with Crippen molar-refractivity contribution in [3.05, 3.63) is 35.4 Å². The van der Waals surface area contributed by atoms with Crippen LogP contribution in [0.5, 0.6) is 0 Å². The number of nitrogens with zero attached hydrogens (tertiary/aromatic N) is 1. The first-order valence-electron chi connectivity index (χ1n) is 4.57. The molecule has 13 heavy (non-hydrogen) atoms. The number of benzene rings is 1. The Morgan fingerprint density at radius 3 is 2.08 bits per heavy atom. The van der Waals surface area contributed by atoms with Gasteiger partial charge < -0.3 is 5.21 Å². The van der Waals surface area contributed by atoms with Crippen LogP contribution in [0.3, 0.4) is 0 Å². The van der Waals surface area contributed by atoms with Gasteiger partial charge in [0.1, 0.15) is 0 Å². The Morgan fingerprint density at radius 1 is 1.23 bits per heavy atom. The fourth-order valence-electron chi connectivity index (χ4n) is 1.51. The maximum Gasteiger partial charge on any atom is 0.0404 e. The second-order valence-electron chi connectivity index (χ2n) is 3.00. The van der Waals surface area contributed by atoms with Crippen molar-refractivity contribution in [3.63, 3.8) is 0 Å². The van der Waals surface area contributed by atoms with Gasteiger partial charge in [0, 0.05) is 6.21 Å². The van der Waals surface area contributed by atoms with Gasteiger partial charge in [-0.25, -0.2) is 0 Å². The summed E-state index contributed by atoms with van der Waals surface area (Å²) < 4.78 is 0. The minimum atomic E-state index is 1.30. The lowest BCUT2D eigenvalue weighted by atomic mass is 10.1. The molecule has 0 bridgehead atoms. The smallest absolute Gasteiger partial charge is 0.0404 e. The van der Waals surface area contributed by atoms with Crippen LogP contribution in [0.25, 0.3) is 0 Å². The Kier molecular flexibility index (Phi) is 4.03. The monoisotopic (exact) mass is 177 g/mol. The number of hydrogen-bond donors (Lipinski definition) is 1. The molecule has 2 heteroatoms. The van der Waals surface area contributed by atoms with Crippen molar-refractivity contribution in [1.29, 1.82) is 0 Å². The molecule has 1 aromatic rings. The molecular weight excluding hydrogens is 162 g/mol. The number of fused-ring (bicyclic) bond motifs is 1. The van der Waals surface area contributed by atoms with Crippen LogP contribution in [-0.2, 0) is 12.8 Å². The standard InChI is InChI=1S/C9H10.C2H5NO/c1-2-5-9-7-3-6-8(9)4-1;1-2-3-4/h1-2,4-5H,3,6-7H2;2,4H,1H3/b;3-2+. The minimum Gasteiger partial charge on any atom is -0.411 e. The van der Waals surface area contributed by atoms with Crippen LogP contribution in [0, 0.1) is 0 Å². The molecule has 0 amide bonds. The molecular formula is C11H15NO. The molecule has 0 saturated heterocycles. The van der Waals surface area contributed by atoms with Crippen LogP contribution in [0.4, 0.5) is 0 Å². The van der Waals surface area contributed by atoms with E-state index in [1.54, 1.807) is 18.1 Å². The molecule has 0 saturated carbocycles. The summed E-state index contributed by atoms with van der Waals surface area (Å²) in [6.45, 7) is 1.64. The summed E-state index contributed by atoms with van der Waals surface area (Å²) in [6, 6.07) is 8.74. The van der Waals surface area contributed by atoms with E-state index in [4.69, 9.17) is 5.21 Å². The molecule has 0 heterocycles. The fourth-order valence-corrected chi connectivity index (χ4v) is 1.51. The lowest BCUT2D eigenvalue weighted by Gasteiger charge is -1.93. The zero-order valence-corrected chi connectivity index (χ0v) is 7.90. The van der Waals surface area contributed by atoms with Crippen LogP contribution in [-0.4, -0.2) is 11.4 Å². The van der Waals surface area contributed by atoms with Crippen molar-refractivity contribution in [2.75, 3.05) is 0 Å². The molecule has 0 aromatic heterocycles. The van der Waals surface area contributed by atoms with Crippen molar-refractivity contribution in [2.24, 2.45) is 5.16 Å². The zero-order valence-electron chi connectivity index (χ0n) is 7.90. The van der Waals surface area contributed by atoms with Crippen molar-refractivity contribution in [2.45, 2.75) is 26.2 Å². The molecule has 0 atom stereocenters. The summed E-state index contributed by atoms with van der Waals surface area (Å²) in [6.07, 6.45) is 5.27. The largest absolute Gasteiger partial charge is 0.411 e. The van der Waals surface area contributed by atoms with E-state index in [0.717, 1.165) is 0 Å². The number of hydrogen-bond acceptors (Lipinski definition) is 2. The molecule has 2 nitrogen and oxygen atoms in total. The normalized spacial score (nSPS) is 13.6. The van der Waals surface area contributed by atoms with Gasteiger partial charge in [0.2, 0.25) is 0 Å². The van der Waals surface area contributed by atoms with Gasteiger partial charge in [0.05, 0.1) is 0 Å². The Labute approximate surface area is 78.9 Å². The first-order valence-corrected chi connectivity index (χ1v) is 4.57. The van der Waals surface area contributed by atoms with Crippen LogP contribution < -0.4 is 0 Å². The quantitative estimate of drug-likeness (QED) is 0.369. The van der Waals surface area contributed by atoms with E-state index in [2.05, 4.69) is 29.4 Å². The van der Waals surface area contributed by atoms with Crippen LogP contribution >= 0.6 is 0 Å². The van der Waals surface area contributed by atoms with Crippen LogP contribution in [0.15, 0.2) is 29.4 Å². The predicted molar refractivity (Wildman–Crippen MR) is 54.4 cm³/mol. The lowest BCUT2D eigenvalue weighted by molar-refractivity contribution is 0.321. The van der Waals surface area contributed by atoms with Crippen molar-refractivity contribution < 1.29 is 5.21 Å². The summed E-state index contributed by atoms with van der Waals surface area (Å²) in [5, 5.41) is 10.1. The number of rotatable bonds is 0. The van der Waals surface area contributed by atoms with Crippen molar-refractivity contribution in [1.82, 2.24) is 0 Å². The minimum absolute atomic E-state index is 1.30. The van der Waals surface area contributed by atoms with Gasteiger partial charge in [-0.1, -0.05) is 24.3 Å². The Balaban J connectivity index is 0.000000184. The summed E-state index contributed by atoms with van der Waals surface area (Å²) >= 11 is 0. The highest BCUT2D eigenvalue weighted by atomic mass is 16.4. The number of oxime groups is 1. The molecule has 1 aliphatic carbocycles. The third-order valence-electron chi connectivity index (χ3n) is 2.13. The predicted octanol–water partition coefficient (Wildman–Crippen LogP) is 2.64. The topological polar surface area (TPSA) is 32.6 Å². The van der Waals surface area contributed by atoms with E-state index in [0.29, 0.717) is 0 Å². The number of aryl methyl sites for hydroxylation is 2. The van der Waals surface area contributed by atoms with Gasteiger partial charge >= 0.3 is 0 Å². The van der Waals surface area contributed by atoms with E-state index < -0.39 is 0 Å². The molecule has 1 aromatic carbocycles. The van der Waals surface area contributed by atoms with Gasteiger partial charge in [-0.05, 0) is 37.3 Å². The maximum absolute atomic E-state index is 7.44. The highest BCUT2D eigenvalue weighted by Gasteiger charge is 2.07. The summed E-state index contributed by atoms with van der Waals surface area (Å²) in [5.74, 6) is 0. The molecule has 1 N–H and O–H groups in total. The Bertz CT molecular complexity index is 254. The highest BCUT2D eigenvalue weighted by Crippen LogP contribution is 2.20. The Hall–Kier alpha value is -1.31. The van der Waals surface area contributed by atoms with E-state index in [1.807, 2.05) is 0 Å². The zero-order chi connectivity index (χ0) is 9.52. The van der Waals surface area contributed by atoms with E-state index in [1.165, 1.54) is 25.5 Å². The third-order valence-corrected chi connectivity index (χ3v) is 2.13. The van der Waals surface area contributed by atoms with E-state index >= 15 is 0 Å². The van der Waals surface area contributed by atoms with E-state index in [9.17, 15) is 0 Å². The summed E-state index contributed by atoms with van der Waals surface area (Å²) in [5.41, 5.74) is 3.13. The van der Waals surface area contributed by atoms with Crippen LogP contribution in [0.2, 0.25) is 0 Å². The lowest BCUT2D eigenvalue weighted by Crippen LogP contribution is -1.77. The summed E-state index contributed by atoms with van der Waals surface area (Å²) in [7, 11) is 0. The first-order chi connectivity index (χ1) is 6.38. The van der Waals surface area contributed by atoms with Crippen molar-refractivity contribution in [3.8, 4) is 0 Å². The summed E-state index contributed by atoms with van der Waals surface area (Å²) in [4.78, 5) is 0. The SMILES string of the molecule is C/C=N/O.c1ccc2c(c1)CCC2. The van der Waals surface area contributed by atoms with E-state index in [-0.39, 0.29) is 0 Å². The average molecular weight is 177 g/mol. The average Bonchev–Trinajstić information content (AvgIpc) is 2.66. The highest BCUT2D eigenvalue weighted by molar-refractivity contribution is 5.51.